The van der Waals surface area contributed by atoms with Gasteiger partial charge in [-0.2, -0.15) is 0 Å². The molecule has 1 saturated carbocycles. The lowest BCUT2D eigenvalue weighted by Gasteiger charge is -2.23. The summed E-state index contributed by atoms with van der Waals surface area (Å²) in [5, 5.41) is 9.51. The molecule has 2 heterocycles. The standard InChI is InChI=1S/C18H21N3OS/c22-16(15-10-18(15)6-8-19-9-7-18)20-11-14-12-23-17(21-14)13-4-2-1-3-5-13/h1-5,12,15,19H,6-11H2,(H,20,22). The van der Waals surface area contributed by atoms with E-state index in [9.17, 15) is 4.79 Å². The molecule has 4 nitrogen and oxygen atoms in total. The van der Waals surface area contributed by atoms with Gasteiger partial charge in [0.25, 0.3) is 0 Å². The number of carbonyl (C=O) groups is 1. The molecular weight excluding hydrogens is 306 g/mol. The predicted molar refractivity (Wildman–Crippen MR) is 92.0 cm³/mol. The highest BCUT2D eigenvalue weighted by Gasteiger charge is 2.57. The molecule has 1 saturated heterocycles. The monoisotopic (exact) mass is 327 g/mol. The van der Waals surface area contributed by atoms with Crippen molar-refractivity contribution in [1.29, 1.82) is 0 Å². The fraction of sp³-hybridized carbons (Fsp3) is 0.444. The average Bonchev–Trinajstić information content (AvgIpc) is 3.08. The second kappa shape index (κ2) is 6.06. The minimum Gasteiger partial charge on any atom is -0.350 e. The zero-order chi connectivity index (χ0) is 15.7. The maximum atomic E-state index is 12.4. The fourth-order valence-corrected chi connectivity index (χ4v) is 4.42. The van der Waals surface area contributed by atoms with Gasteiger partial charge in [-0.05, 0) is 37.8 Å². The van der Waals surface area contributed by atoms with Gasteiger partial charge < -0.3 is 10.6 Å². The normalized spacial score (nSPS) is 22.0. The van der Waals surface area contributed by atoms with Crippen molar-refractivity contribution in [2.75, 3.05) is 13.1 Å². The van der Waals surface area contributed by atoms with Gasteiger partial charge in [-0.25, -0.2) is 4.98 Å². The van der Waals surface area contributed by atoms with Crippen molar-refractivity contribution < 1.29 is 4.79 Å². The third-order valence-electron chi connectivity index (χ3n) is 5.12. The molecule has 0 bridgehead atoms. The zero-order valence-electron chi connectivity index (χ0n) is 13.0. The summed E-state index contributed by atoms with van der Waals surface area (Å²) in [4.78, 5) is 17.0. The molecule has 0 radical (unpaired) electrons. The number of piperidine rings is 1. The highest BCUT2D eigenvalue weighted by Crippen LogP contribution is 2.58. The van der Waals surface area contributed by atoms with Gasteiger partial charge in [0.05, 0.1) is 12.2 Å². The number of thiazole rings is 1. The Morgan fingerprint density at radius 2 is 2.09 bits per heavy atom. The number of amides is 1. The van der Waals surface area contributed by atoms with E-state index in [-0.39, 0.29) is 11.8 Å². The van der Waals surface area contributed by atoms with E-state index in [1.807, 2.05) is 23.6 Å². The summed E-state index contributed by atoms with van der Waals surface area (Å²) in [6, 6.07) is 10.2. The molecule has 1 spiro atoms. The Kier molecular flexibility index (Phi) is 3.91. The molecule has 1 unspecified atom stereocenters. The first-order chi connectivity index (χ1) is 11.3. The molecule has 1 aromatic heterocycles. The number of aromatic nitrogens is 1. The second-order valence-electron chi connectivity index (χ2n) is 6.60. The summed E-state index contributed by atoms with van der Waals surface area (Å²) in [5.41, 5.74) is 2.38. The van der Waals surface area contributed by atoms with Crippen molar-refractivity contribution in [1.82, 2.24) is 15.6 Å². The summed E-state index contributed by atoms with van der Waals surface area (Å²) >= 11 is 1.63. The molecule has 23 heavy (non-hydrogen) atoms. The van der Waals surface area contributed by atoms with E-state index in [1.165, 1.54) is 0 Å². The molecule has 1 atom stereocenters. The van der Waals surface area contributed by atoms with Crippen molar-refractivity contribution in [3.63, 3.8) is 0 Å². The lowest BCUT2D eigenvalue weighted by molar-refractivity contribution is -0.123. The Balaban J connectivity index is 1.33. The first-order valence-electron chi connectivity index (χ1n) is 8.25. The van der Waals surface area contributed by atoms with Crippen LogP contribution in [-0.4, -0.2) is 24.0 Å². The summed E-state index contributed by atoms with van der Waals surface area (Å²) in [6.45, 7) is 2.64. The number of benzene rings is 1. The molecule has 5 heteroatoms. The minimum absolute atomic E-state index is 0.209. The van der Waals surface area contributed by atoms with Crippen LogP contribution in [0.25, 0.3) is 10.6 Å². The average molecular weight is 327 g/mol. The van der Waals surface area contributed by atoms with Crippen LogP contribution < -0.4 is 10.6 Å². The first kappa shape index (κ1) is 14.8. The Morgan fingerprint density at radius 1 is 1.30 bits per heavy atom. The van der Waals surface area contributed by atoms with Gasteiger partial charge in [0, 0.05) is 16.9 Å². The molecule has 2 aromatic rings. The van der Waals surface area contributed by atoms with E-state index in [1.54, 1.807) is 11.3 Å². The van der Waals surface area contributed by atoms with Crippen LogP contribution in [0.15, 0.2) is 35.7 Å². The molecule has 2 N–H and O–H groups in total. The Morgan fingerprint density at radius 3 is 2.87 bits per heavy atom. The van der Waals surface area contributed by atoms with Gasteiger partial charge in [-0.15, -0.1) is 11.3 Å². The number of nitrogens with zero attached hydrogens (tertiary/aromatic N) is 1. The smallest absolute Gasteiger partial charge is 0.224 e. The number of hydrogen-bond donors (Lipinski definition) is 2. The van der Waals surface area contributed by atoms with Crippen LogP contribution in [-0.2, 0) is 11.3 Å². The fourth-order valence-electron chi connectivity index (χ4n) is 3.60. The Hall–Kier alpha value is -1.72. The van der Waals surface area contributed by atoms with Crippen LogP contribution in [0.2, 0.25) is 0 Å². The van der Waals surface area contributed by atoms with Crippen LogP contribution in [0, 0.1) is 11.3 Å². The van der Waals surface area contributed by atoms with Crippen molar-refractivity contribution in [2.24, 2.45) is 11.3 Å². The molecule has 1 aliphatic heterocycles. The maximum Gasteiger partial charge on any atom is 0.224 e. The molecule has 2 aliphatic rings. The van der Waals surface area contributed by atoms with Gasteiger partial charge in [0.15, 0.2) is 0 Å². The molecule has 4 rings (SSSR count). The van der Waals surface area contributed by atoms with Gasteiger partial charge in [0.1, 0.15) is 5.01 Å². The predicted octanol–water partition coefficient (Wildman–Crippen LogP) is 2.82. The Bertz CT molecular complexity index is 691. The summed E-state index contributed by atoms with van der Waals surface area (Å²) in [6.07, 6.45) is 3.34. The lowest BCUT2D eigenvalue weighted by atomic mass is 9.92. The summed E-state index contributed by atoms with van der Waals surface area (Å²) < 4.78 is 0. The van der Waals surface area contributed by atoms with Crippen LogP contribution in [0.3, 0.4) is 0 Å². The molecule has 1 amide bonds. The number of rotatable bonds is 4. The molecule has 2 fully saturated rings. The van der Waals surface area contributed by atoms with Gasteiger partial charge >= 0.3 is 0 Å². The number of carbonyl (C=O) groups excluding carboxylic acids is 1. The van der Waals surface area contributed by atoms with Crippen molar-refractivity contribution in [3.05, 3.63) is 41.4 Å². The third-order valence-corrected chi connectivity index (χ3v) is 6.06. The van der Waals surface area contributed by atoms with Crippen molar-refractivity contribution in [2.45, 2.75) is 25.8 Å². The molecule has 120 valence electrons. The first-order valence-corrected chi connectivity index (χ1v) is 9.13. The second-order valence-corrected chi connectivity index (χ2v) is 7.46. The summed E-state index contributed by atoms with van der Waals surface area (Å²) in [7, 11) is 0. The van der Waals surface area contributed by atoms with E-state index in [0.29, 0.717) is 12.0 Å². The van der Waals surface area contributed by atoms with Gasteiger partial charge in [-0.1, -0.05) is 30.3 Å². The number of nitrogens with one attached hydrogen (secondary N) is 2. The molecule has 1 aromatic carbocycles. The highest BCUT2D eigenvalue weighted by molar-refractivity contribution is 7.13. The van der Waals surface area contributed by atoms with E-state index in [2.05, 4.69) is 27.8 Å². The van der Waals surface area contributed by atoms with Crippen LogP contribution in [0.1, 0.15) is 25.0 Å². The molecule has 1 aliphatic carbocycles. The van der Waals surface area contributed by atoms with Crippen LogP contribution >= 0.6 is 11.3 Å². The summed E-state index contributed by atoms with van der Waals surface area (Å²) in [5.74, 6) is 0.429. The van der Waals surface area contributed by atoms with E-state index in [0.717, 1.165) is 48.6 Å². The van der Waals surface area contributed by atoms with Crippen molar-refractivity contribution in [3.8, 4) is 10.6 Å². The topological polar surface area (TPSA) is 54.0 Å². The van der Waals surface area contributed by atoms with E-state index in [4.69, 9.17) is 0 Å². The third kappa shape index (κ3) is 3.03. The minimum atomic E-state index is 0.209. The SMILES string of the molecule is O=C(NCc1csc(-c2ccccc2)n1)C1CC12CCNCC2. The zero-order valence-corrected chi connectivity index (χ0v) is 13.9. The van der Waals surface area contributed by atoms with Crippen LogP contribution in [0.5, 0.6) is 0 Å². The molecular formula is C18H21N3OS. The Labute approximate surface area is 140 Å². The van der Waals surface area contributed by atoms with Gasteiger partial charge in [-0.3, -0.25) is 4.79 Å². The van der Waals surface area contributed by atoms with Crippen LogP contribution in [0.4, 0.5) is 0 Å². The van der Waals surface area contributed by atoms with E-state index < -0.39 is 0 Å². The lowest BCUT2D eigenvalue weighted by Crippen LogP contribution is -2.33. The largest absolute Gasteiger partial charge is 0.350 e. The highest BCUT2D eigenvalue weighted by atomic mass is 32.1. The van der Waals surface area contributed by atoms with E-state index >= 15 is 0 Å². The number of hydrogen-bond acceptors (Lipinski definition) is 4. The van der Waals surface area contributed by atoms with Crippen molar-refractivity contribution >= 4 is 17.2 Å². The van der Waals surface area contributed by atoms with Gasteiger partial charge in [0.2, 0.25) is 5.91 Å². The quantitative estimate of drug-likeness (QED) is 0.908. The maximum absolute atomic E-state index is 12.4.